The van der Waals surface area contributed by atoms with E-state index >= 15 is 0 Å². The van der Waals surface area contributed by atoms with Crippen molar-refractivity contribution in [2.45, 2.75) is 42.4 Å². The van der Waals surface area contributed by atoms with Crippen molar-refractivity contribution in [3.05, 3.63) is 24.3 Å². The second kappa shape index (κ2) is 7.04. The van der Waals surface area contributed by atoms with Gasteiger partial charge in [0.05, 0.1) is 11.6 Å². The number of carbonyl (C=O) groups is 1. The number of hydrogen-bond donors (Lipinski definition) is 2. The molecule has 1 aromatic rings. The van der Waals surface area contributed by atoms with Crippen molar-refractivity contribution in [2.75, 3.05) is 5.32 Å². The fourth-order valence-electron chi connectivity index (χ4n) is 2.48. The summed E-state index contributed by atoms with van der Waals surface area (Å²) in [6.45, 7) is 0. The van der Waals surface area contributed by atoms with Crippen LogP contribution < -0.4 is 11.1 Å². The summed E-state index contributed by atoms with van der Waals surface area (Å²) in [6.07, 6.45) is 3.63. The molecule has 1 fully saturated rings. The van der Waals surface area contributed by atoms with Crippen LogP contribution in [-0.4, -0.2) is 17.7 Å². The number of anilines is 1. The minimum atomic E-state index is -2.51. The van der Waals surface area contributed by atoms with E-state index in [1.165, 1.54) is 0 Å². The van der Waals surface area contributed by atoms with Gasteiger partial charge in [-0.15, -0.1) is 0 Å². The van der Waals surface area contributed by atoms with Crippen LogP contribution in [0.4, 0.5) is 14.5 Å². The number of nitrogens with one attached hydrogen (secondary N) is 1. The minimum Gasteiger partial charge on any atom is -0.327 e. The van der Waals surface area contributed by atoms with Gasteiger partial charge < -0.3 is 11.1 Å². The molecule has 0 spiro atoms. The third kappa shape index (κ3) is 3.93. The Morgan fingerprint density at radius 2 is 2.00 bits per heavy atom. The Balaban J connectivity index is 2.07. The maximum Gasteiger partial charge on any atom is 0.288 e. The third-order valence-electron chi connectivity index (χ3n) is 3.52. The molecule has 0 aliphatic heterocycles. The number of hydrogen-bond acceptors (Lipinski definition) is 3. The van der Waals surface area contributed by atoms with Gasteiger partial charge in [-0.3, -0.25) is 4.79 Å². The summed E-state index contributed by atoms with van der Waals surface area (Å²) in [6, 6.07) is 6.46. The van der Waals surface area contributed by atoms with Gasteiger partial charge in [0.25, 0.3) is 5.76 Å². The van der Waals surface area contributed by atoms with Crippen LogP contribution >= 0.6 is 11.8 Å². The van der Waals surface area contributed by atoms with E-state index in [0.717, 1.165) is 25.7 Å². The number of thioether (sulfide) groups is 1. The molecule has 6 heteroatoms. The summed E-state index contributed by atoms with van der Waals surface area (Å²) in [5.74, 6) is -2.90. The summed E-state index contributed by atoms with van der Waals surface area (Å²) < 4.78 is 25.0. The molecule has 3 nitrogen and oxygen atoms in total. The van der Waals surface area contributed by atoms with Gasteiger partial charge in [-0.1, -0.05) is 36.7 Å². The van der Waals surface area contributed by atoms with Crippen molar-refractivity contribution in [3.63, 3.8) is 0 Å². The quantitative estimate of drug-likeness (QED) is 0.837. The summed E-state index contributed by atoms with van der Waals surface area (Å²) in [4.78, 5) is 12.6. The SMILES string of the molecule is NC1CCCCC1C(=O)Nc1ccccc1SC(F)F. The van der Waals surface area contributed by atoms with Crippen molar-refractivity contribution in [3.8, 4) is 0 Å². The van der Waals surface area contributed by atoms with Gasteiger partial charge in [0, 0.05) is 10.9 Å². The number of rotatable bonds is 4. The number of carbonyl (C=O) groups excluding carboxylic acids is 1. The van der Waals surface area contributed by atoms with Gasteiger partial charge in [-0.25, -0.2) is 0 Å². The summed E-state index contributed by atoms with van der Waals surface area (Å²) in [7, 11) is 0. The van der Waals surface area contributed by atoms with E-state index in [4.69, 9.17) is 5.73 Å². The lowest BCUT2D eigenvalue weighted by molar-refractivity contribution is -0.121. The molecule has 110 valence electrons. The van der Waals surface area contributed by atoms with Gasteiger partial charge in [-0.2, -0.15) is 8.78 Å². The number of halogens is 2. The van der Waals surface area contributed by atoms with Gasteiger partial charge in [0.15, 0.2) is 0 Å². The van der Waals surface area contributed by atoms with Crippen LogP contribution in [0.3, 0.4) is 0 Å². The Morgan fingerprint density at radius 3 is 2.70 bits per heavy atom. The highest BCUT2D eigenvalue weighted by Gasteiger charge is 2.28. The Kier molecular flexibility index (Phi) is 5.37. The van der Waals surface area contributed by atoms with Crippen molar-refractivity contribution < 1.29 is 13.6 Å². The highest BCUT2D eigenvalue weighted by molar-refractivity contribution is 7.99. The lowest BCUT2D eigenvalue weighted by atomic mass is 9.84. The van der Waals surface area contributed by atoms with E-state index < -0.39 is 5.76 Å². The number of alkyl halides is 2. The van der Waals surface area contributed by atoms with E-state index in [1.54, 1.807) is 24.3 Å². The number of amides is 1. The lowest BCUT2D eigenvalue weighted by Crippen LogP contribution is -2.40. The standard InChI is InChI=1S/C14H18F2N2OS/c15-14(16)20-12-8-4-3-7-11(12)18-13(19)9-5-1-2-6-10(9)17/h3-4,7-10,14H,1-2,5-6,17H2,(H,18,19). The molecule has 0 saturated heterocycles. The van der Waals surface area contributed by atoms with Crippen LogP contribution in [-0.2, 0) is 4.79 Å². The van der Waals surface area contributed by atoms with Crippen molar-refractivity contribution in [1.82, 2.24) is 0 Å². The Bertz CT molecular complexity index is 470. The maximum absolute atomic E-state index is 12.5. The summed E-state index contributed by atoms with van der Waals surface area (Å²) in [5, 5.41) is 2.74. The zero-order valence-corrected chi connectivity index (χ0v) is 11.8. The lowest BCUT2D eigenvalue weighted by Gasteiger charge is -2.27. The summed E-state index contributed by atoms with van der Waals surface area (Å²) >= 11 is 0.435. The normalized spacial score (nSPS) is 22.8. The van der Waals surface area contributed by atoms with Gasteiger partial charge in [0.1, 0.15) is 0 Å². The van der Waals surface area contributed by atoms with Crippen LogP contribution in [0.2, 0.25) is 0 Å². The Hall–Kier alpha value is -1.14. The number of benzene rings is 1. The predicted molar refractivity (Wildman–Crippen MR) is 76.9 cm³/mol. The molecule has 0 bridgehead atoms. The number of nitrogens with two attached hydrogens (primary N) is 1. The molecule has 0 heterocycles. The molecular weight excluding hydrogens is 282 g/mol. The highest BCUT2D eigenvalue weighted by atomic mass is 32.2. The molecule has 2 unspecified atom stereocenters. The fraction of sp³-hybridized carbons (Fsp3) is 0.500. The largest absolute Gasteiger partial charge is 0.327 e. The van der Waals surface area contributed by atoms with Crippen LogP contribution in [0.1, 0.15) is 25.7 Å². The van der Waals surface area contributed by atoms with E-state index in [-0.39, 0.29) is 17.9 Å². The van der Waals surface area contributed by atoms with Crippen molar-refractivity contribution in [1.29, 1.82) is 0 Å². The van der Waals surface area contributed by atoms with E-state index in [9.17, 15) is 13.6 Å². The maximum atomic E-state index is 12.5. The third-order valence-corrected chi connectivity index (χ3v) is 4.31. The second-order valence-electron chi connectivity index (χ2n) is 4.92. The first-order chi connectivity index (χ1) is 9.58. The fourth-order valence-corrected chi connectivity index (χ4v) is 3.07. The molecule has 0 aromatic heterocycles. The molecule has 1 saturated carbocycles. The first-order valence-electron chi connectivity index (χ1n) is 6.68. The van der Waals surface area contributed by atoms with Crippen LogP contribution in [0, 0.1) is 5.92 Å². The van der Waals surface area contributed by atoms with Crippen molar-refractivity contribution >= 4 is 23.4 Å². The zero-order valence-electron chi connectivity index (χ0n) is 11.0. The average molecular weight is 300 g/mol. The molecule has 1 aliphatic rings. The number of para-hydroxylation sites is 1. The predicted octanol–water partition coefficient (Wildman–Crippen LogP) is 3.46. The van der Waals surface area contributed by atoms with E-state index in [0.29, 0.717) is 22.3 Å². The van der Waals surface area contributed by atoms with Crippen LogP contribution in [0.25, 0.3) is 0 Å². The topological polar surface area (TPSA) is 55.1 Å². The molecule has 3 N–H and O–H groups in total. The first kappa shape index (κ1) is 15.3. The van der Waals surface area contributed by atoms with Gasteiger partial charge in [0.2, 0.25) is 5.91 Å². The van der Waals surface area contributed by atoms with E-state index in [1.807, 2.05) is 0 Å². The Labute approximate surface area is 121 Å². The molecule has 1 aliphatic carbocycles. The van der Waals surface area contributed by atoms with Crippen LogP contribution in [0.15, 0.2) is 29.2 Å². The van der Waals surface area contributed by atoms with Gasteiger partial charge >= 0.3 is 0 Å². The highest BCUT2D eigenvalue weighted by Crippen LogP contribution is 2.32. The zero-order chi connectivity index (χ0) is 14.5. The van der Waals surface area contributed by atoms with Crippen LogP contribution in [0.5, 0.6) is 0 Å². The van der Waals surface area contributed by atoms with E-state index in [2.05, 4.69) is 5.32 Å². The monoisotopic (exact) mass is 300 g/mol. The molecule has 20 heavy (non-hydrogen) atoms. The van der Waals surface area contributed by atoms with Crippen molar-refractivity contribution in [2.24, 2.45) is 11.7 Å². The Morgan fingerprint density at radius 1 is 1.30 bits per heavy atom. The van der Waals surface area contributed by atoms with Gasteiger partial charge in [-0.05, 0) is 25.0 Å². The molecule has 2 rings (SSSR count). The second-order valence-corrected chi connectivity index (χ2v) is 5.95. The molecule has 2 atom stereocenters. The summed E-state index contributed by atoms with van der Waals surface area (Å²) in [5.41, 5.74) is 6.40. The first-order valence-corrected chi connectivity index (χ1v) is 7.56. The molecule has 0 radical (unpaired) electrons. The smallest absolute Gasteiger partial charge is 0.288 e. The molecular formula is C14H18F2N2OS. The molecule has 1 amide bonds. The minimum absolute atomic E-state index is 0.140. The molecule has 1 aromatic carbocycles. The average Bonchev–Trinajstić information content (AvgIpc) is 2.41.